The molecule has 1 N–H and O–H groups in total. The topological polar surface area (TPSA) is 61.7 Å². The lowest BCUT2D eigenvalue weighted by atomic mass is 10.1. The van der Waals surface area contributed by atoms with E-state index in [1.807, 2.05) is 60.7 Å². The second-order valence-electron chi connectivity index (χ2n) is 4.90. The molecule has 4 nitrogen and oxygen atoms in total. The number of benzene rings is 2. The van der Waals surface area contributed by atoms with Crippen molar-refractivity contribution in [3.63, 3.8) is 0 Å². The predicted octanol–water partition coefficient (Wildman–Crippen LogP) is 4.19. The SMILES string of the molecule is COc1ccccc1/C=C/C=C(\C#N)c1nc2ccccc2[nH]1. The molecule has 4 heteroatoms. The molecule has 3 rings (SSSR count). The van der Waals surface area contributed by atoms with Crippen molar-refractivity contribution in [3.05, 3.63) is 72.1 Å². The van der Waals surface area contributed by atoms with Crippen molar-refractivity contribution in [3.8, 4) is 11.8 Å². The zero-order valence-electron chi connectivity index (χ0n) is 12.7. The Bertz CT molecular complexity index is 896. The average Bonchev–Trinajstić information content (AvgIpc) is 3.03. The molecule has 3 aromatic rings. The predicted molar refractivity (Wildman–Crippen MR) is 91.7 cm³/mol. The third-order valence-electron chi connectivity index (χ3n) is 3.44. The van der Waals surface area contributed by atoms with E-state index in [9.17, 15) is 5.26 Å². The van der Waals surface area contributed by atoms with Crippen LogP contribution >= 0.6 is 0 Å². The number of aromatic nitrogens is 2. The van der Waals surface area contributed by atoms with Crippen LogP contribution in [0.15, 0.2) is 60.7 Å². The number of nitriles is 1. The summed E-state index contributed by atoms with van der Waals surface area (Å²) < 4.78 is 5.30. The van der Waals surface area contributed by atoms with E-state index in [-0.39, 0.29) is 0 Å². The normalized spacial score (nSPS) is 11.7. The van der Waals surface area contributed by atoms with Gasteiger partial charge in [0.05, 0.1) is 23.7 Å². The molecule has 1 aromatic heterocycles. The summed E-state index contributed by atoms with van der Waals surface area (Å²) in [6.45, 7) is 0. The summed E-state index contributed by atoms with van der Waals surface area (Å²) >= 11 is 0. The van der Waals surface area contributed by atoms with Crippen molar-refractivity contribution in [1.82, 2.24) is 9.97 Å². The van der Waals surface area contributed by atoms with Gasteiger partial charge in [0.2, 0.25) is 0 Å². The number of rotatable bonds is 4. The van der Waals surface area contributed by atoms with Gasteiger partial charge < -0.3 is 9.72 Å². The third kappa shape index (κ3) is 3.14. The number of para-hydroxylation sites is 3. The van der Waals surface area contributed by atoms with Crippen LogP contribution in [0.2, 0.25) is 0 Å². The number of nitrogens with zero attached hydrogens (tertiary/aromatic N) is 2. The highest BCUT2D eigenvalue weighted by Crippen LogP contribution is 2.20. The summed E-state index contributed by atoms with van der Waals surface area (Å²) in [7, 11) is 1.64. The molecule has 0 fully saturated rings. The lowest BCUT2D eigenvalue weighted by molar-refractivity contribution is 0.414. The Morgan fingerprint density at radius 3 is 2.74 bits per heavy atom. The van der Waals surface area contributed by atoms with Gasteiger partial charge in [-0.15, -0.1) is 0 Å². The summed E-state index contributed by atoms with van der Waals surface area (Å²) in [4.78, 5) is 7.60. The Balaban J connectivity index is 1.90. The van der Waals surface area contributed by atoms with Crippen molar-refractivity contribution >= 4 is 22.7 Å². The molecule has 0 amide bonds. The fourth-order valence-electron chi connectivity index (χ4n) is 2.30. The van der Waals surface area contributed by atoms with E-state index in [2.05, 4.69) is 16.0 Å². The first kappa shape index (κ1) is 14.6. The van der Waals surface area contributed by atoms with Crippen LogP contribution in [0.25, 0.3) is 22.7 Å². The maximum absolute atomic E-state index is 9.37. The zero-order chi connectivity index (χ0) is 16.1. The van der Waals surface area contributed by atoms with E-state index in [1.54, 1.807) is 13.2 Å². The third-order valence-corrected chi connectivity index (χ3v) is 3.44. The number of imidazole rings is 1. The summed E-state index contributed by atoms with van der Waals surface area (Å²) in [5.74, 6) is 1.36. The number of ether oxygens (including phenoxy) is 1. The molecule has 0 spiro atoms. The van der Waals surface area contributed by atoms with E-state index in [0.717, 1.165) is 22.3 Å². The largest absolute Gasteiger partial charge is 0.496 e. The van der Waals surface area contributed by atoms with Crippen molar-refractivity contribution in [2.24, 2.45) is 0 Å². The van der Waals surface area contributed by atoms with Gasteiger partial charge in [-0.3, -0.25) is 0 Å². The Morgan fingerprint density at radius 2 is 1.96 bits per heavy atom. The minimum Gasteiger partial charge on any atom is -0.496 e. The molecule has 0 unspecified atom stereocenters. The molecule has 0 radical (unpaired) electrons. The van der Waals surface area contributed by atoms with Crippen molar-refractivity contribution in [2.45, 2.75) is 0 Å². The van der Waals surface area contributed by atoms with Gasteiger partial charge in [0.15, 0.2) is 0 Å². The van der Waals surface area contributed by atoms with Crippen molar-refractivity contribution in [1.29, 1.82) is 5.26 Å². The summed E-state index contributed by atoms with van der Waals surface area (Å²) in [6.07, 6.45) is 5.46. The Morgan fingerprint density at radius 1 is 1.17 bits per heavy atom. The van der Waals surface area contributed by atoms with Crippen LogP contribution < -0.4 is 4.74 Å². The summed E-state index contributed by atoms with van der Waals surface area (Å²) in [5.41, 5.74) is 3.19. The minimum atomic E-state index is 0.479. The lowest BCUT2D eigenvalue weighted by Crippen LogP contribution is -1.85. The minimum absolute atomic E-state index is 0.479. The first-order chi connectivity index (χ1) is 11.3. The fraction of sp³-hybridized carbons (Fsp3) is 0.0526. The van der Waals surface area contributed by atoms with Gasteiger partial charge in [0, 0.05) is 5.56 Å². The molecule has 0 saturated heterocycles. The first-order valence-electron chi connectivity index (χ1n) is 7.18. The van der Waals surface area contributed by atoms with E-state index >= 15 is 0 Å². The van der Waals surface area contributed by atoms with Crippen LogP contribution in [0.5, 0.6) is 5.75 Å². The highest BCUT2D eigenvalue weighted by atomic mass is 16.5. The van der Waals surface area contributed by atoms with E-state index in [1.165, 1.54) is 0 Å². The molecule has 0 atom stereocenters. The molecule has 0 aliphatic rings. The van der Waals surface area contributed by atoms with E-state index < -0.39 is 0 Å². The molecule has 112 valence electrons. The average molecular weight is 301 g/mol. The van der Waals surface area contributed by atoms with Crippen LogP contribution in [0, 0.1) is 11.3 Å². The monoisotopic (exact) mass is 301 g/mol. The van der Waals surface area contributed by atoms with Crippen LogP contribution in [0.3, 0.4) is 0 Å². The zero-order valence-corrected chi connectivity index (χ0v) is 12.7. The van der Waals surface area contributed by atoms with Gasteiger partial charge >= 0.3 is 0 Å². The fourth-order valence-corrected chi connectivity index (χ4v) is 2.30. The number of allylic oxidation sites excluding steroid dienone is 3. The second-order valence-corrected chi connectivity index (χ2v) is 4.90. The molecule has 0 bridgehead atoms. The first-order valence-corrected chi connectivity index (χ1v) is 7.18. The van der Waals surface area contributed by atoms with Crippen molar-refractivity contribution in [2.75, 3.05) is 7.11 Å². The Kier molecular flexibility index (Phi) is 4.21. The van der Waals surface area contributed by atoms with E-state index in [0.29, 0.717) is 11.4 Å². The number of H-pyrrole nitrogens is 1. The number of hydrogen-bond acceptors (Lipinski definition) is 3. The Hall–Kier alpha value is -3.32. The molecule has 0 saturated carbocycles. The Labute approximate surface area is 134 Å². The molecule has 1 heterocycles. The standard InChI is InChI=1S/C19H15N3O/c1-23-18-12-5-2-7-14(18)8-6-9-15(13-20)19-21-16-10-3-4-11-17(16)22-19/h2-12H,1H3,(H,21,22)/b8-6+,15-9+. The molecule has 23 heavy (non-hydrogen) atoms. The molecular formula is C19H15N3O. The number of aromatic amines is 1. The van der Waals surface area contributed by atoms with E-state index in [4.69, 9.17) is 4.74 Å². The molecular weight excluding hydrogens is 286 g/mol. The summed E-state index contributed by atoms with van der Waals surface area (Å²) in [5, 5.41) is 9.37. The number of hydrogen-bond donors (Lipinski definition) is 1. The number of fused-ring (bicyclic) bond motifs is 1. The van der Waals surface area contributed by atoms with Gasteiger partial charge in [-0.25, -0.2) is 4.98 Å². The smallest absolute Gasteiger partial charge is 0.149 e. The summed E-state index contributed by atoms with van der Waals surface area (Å²) in [6, 6.07) is 17.6. The highest BCUT2D eigenvalue weighted by Gasteiger charge is 2.06. The van der Waals surface area contributed by atoms with Gasteiger partial charge in [-0.05, 0) is 24.3 Å². The maximum atomic E-state index is 9.37. The van der Waals surface area contributed by atoms with Crippen molar-refractivity contribution < 1.29 is 4.74 Å². The van der Waals surface area contributed by atoms with Crippen LogP contribution in [-0.2, 0) is 0 Å². The van der Waals surface area contributed by atoms with Gasteiger partial charge in [-0.1, -0.05) is 42.5 Å². The second kappa shape index (κ2) is 6.63. The quantitative estimate of drug-likeness (QED) is 0.580. The van der Waals surface area contributed by atoms with Gasteiger partial charge in [0.25, 0.3) is 0 Å². The van der Waals surface area contributed by atoms with Crippen LogP contribution in [0.4, 0.5) is 0 Å². The van der Waals surface area contributed by atoms with Gasteiger partial charge in [-0.2, -0.15) is 5.26 Å². The number of methoxy groups -OCH3 is 1. The molecule has 0 aliphatic carbocycles. The van der Waals surface area contributed by atoms with Gasteiger partial charge in [0.1, 0.15) is 17.6 Å². The maximum Gasteiger partial charge on any atom is 0.149 e. The van der Waals surface area contributed by atoms with Crippen LogP contribution in [0.1, 0.15) is 11.4 Å². The molecule has 2 aromatic carbocycles. The van der Waals surface area contributed by atoms with Crippen LogP contribution in [-0.4, -0.2) is 17.1 Å². The number of nitrogens with one attached hydrogen (secondary N) is 1. The lowest BCUT2D eigenvalue weighted by Gasteiger charge is -2.02. The molecule has 0 aliphatic heterocycles. The highest BCUT2D eigenvalue weighted by molar-refractivity contribution is 5.83.